The molecule has 0 bridgehead atoms. The number of hydrogen-bond acceptors (Lipinski definition) is 4. The first-order valence-corrected chi connectivity index (χ1v) is 8.41. The molecule has 0 saturated carbocycles. The lowest BCUT2D eigenvalue weighted by atomic mass is 10.0. The molecule has 2 rings (SSSR count). The topological polar surface area (TPSA) is 55.9 Å². The van der Waals surface area contributed by atoms with E-state index in [0.717, 1.165) is 26.1 Å². The lowest BCUT2D eigenvalue weighted by molar-refractivity contribution is 0.0769. The molecule has 2 fully saturated rings. The van der Waals surface area contributed by atoms with E-state index in [-0.39, 0.29) is 5.54 Å². The minimum Gasteiger partial charge on any atom is -0.315 e. The van der Waals surface area contributed by atoms with Gasteiger partial charge < -0.3 is 5.32 Å². The SMILES string of the molecule is CN1CCN(S(=O)(=O)N2CCCNCC2)CC1(C)C. The van der Waals surface area contributed by atoms with Crippen LogP contribution < -0.4 is 5.32 Å². The van der Waals surface area contributed by atoms with Gasteiger partial charge in [-0.3, -0.25) is 4.90 Å². The van der Waals surface area contributed by atoms with Crippen LogP contribution >= 0.6 is 0 Å². The second-order valence-corrected chi connectivity index (χ2v) is 8.01. The molecule has 0 aromatic carbocycles. The van der Waals surface area contributed by atoms with Crippen LogP contribution in [0.1, 0.15) is 20.3 Å². The second-order valence-electron chi connectivity index (χ2n) is 6.08. The monoisotopic (exact) mass is 290 g/mol. The molecule has 0 unspecified atom stereocenters. The fourth-order valence-corrected chi connectivity index (χ4v) is 4.41. The average molecular weight is 290 g/mol. The van der Waals surface area contributed by atoms with Gasteiger partial charge >= 0.3 is 0 Å². The van der Waals surface area contributed by atoms with Gasteiger partial charge in [0.2, 0.25) is 0 Å². The number of piperazine rings is 1. The Hall–Kier alpha value is -0.210. The highest BCUT2D eigenvalue weighted by Gasteiger charge is 2.39. The van der Waals surface area contributed by atoms with Gasteiger partial charge in [-0.25, -0.2) is 0 Å². The molecule has 6 nitrogen and oxygen atoms in total. The van der Waals surface area contributed by atoms with Crippen LogP contribution in [0, 0.1) is 0 Å². The third-order valence-corrected chi connectivity index (χ3v) is 6.22. The van der Waals surface area contributed by atoms with Gasteiger partial charge in [0.15, 0.2) is 0 Å². The minimum atomic E-state index is -3.30. The van der Waals surface area contributed by atoms with Crippen LogP contribution in [0.5, 0.6) is 0 Å². The van der Waals surface area contributed by atoms with Crippen LogP contribution in [0.2, 0.25) is 0 Å². The van der Waals surface area contributed by atoms with E-state index in [1.807, 2.05) is 0 Å². The first-order valence-electron chi connectivity index (χ1n) is 7.01. The molecule has 0 amide bonds. The van der Waals surface area contributed by atoms with E-state index >= 15 is 0 Å². The fourth-order valence-electron chi connectivity index (χ4n) is 2.61. The van der Waals surface area contributed by atoms with Crippen LogP contribution in [0.15, 0.2) is 0 Å². The van der Waals surface area contributed by atoms with Crippen molar-refractivity contribution in [3.8, 4) is 0 Å². The van der Waals surface area contributed by atoms with Crippen LogP contribution in [0.4, 0.5) is 0 Å². The predicted molar refractivity (Wildman–Crippen MR) is 76.3 cm³/mol. The summed E-state index contributed by atoms with van der Waals surface area (Å²) in [6, 6.07) is 0. The molecule has 2 aliphatic rings. The van der Waals surface area contributed by atoms with Crippen LogP contribution in [0.25, 0.3) is 0 Å². The van der Waals surface area contributed by atoms with Gasteiger partial charge in [-0.1, -0.05) is 0 Å². The van der Waals surface area contributed by atoms with Gasteiger partial charge in [0.05, 0.1) is 0 Å². The van der Waals surface area contributed by atoms with Gasteiger partial charge in [0.25, 0.3) is 10.2 Å². The highest BCUT2D eigenvalue weighted by Crippen LogP contribution is 2.22. The van der Waals surface area contributed by atoms with Gasteiger partial charge in [-0.15, -0.1) is 0 Å². The summed E-state index contributed by atoms with van der Waals surface area (Å²) in [4.78, 5) is 2.23. The zero-order valence-corrected chi connectivity index (χ0v) is 13.0. The summed E-state index contributed by atoms with van der Waals surface area (Å²) in [5, 5.41) is 3.24. The summed E-state index contributed by atoms with van der Waals surface area (Å²) < 4.78 is 28.7. The zero-order valence-electron chi connectivity index (χ0n) is 12.2. The van der Waals surface area contributed by atoms with Crippen molar-refractivity contribution >= 4 is 10.2 Å². The molecule has 112 valence electrons. The molecule has 1 N–H and O–H groups in total. The van der Waals surface area contributed by atoms with Gasteiger partial charge in [-0.2, -0.15) is 17.0 Å². The Balaban J connectivity index is 2.11. The molecular weight excluding hydrogens is 264 g/mol. The van der Waals surface area contributed by atoms with E-state index in [1.165, 1.54) is 0 Å². The van der Waals surface area contributed by atoms with E-state index in [2.05, 4.69) is 31.1 Å². The van der Waals surface area contributed by atoms with Gasteiger partial charge in [0, 0.05) is 44.8 Å². The Morgan fingerprint density at radius 3 is 2.42 bits per heavy atom. The number of nitrogens with zero attached hydrogens (tertiary/aromatic N) is 3. The quantitative estimate of drug-likeness (QED) is 0.749. The van der Waals surface area contributed by atoms with Crippen molar-refractivity contribution < 1.29 is 8.42 Å². The Morgan fingerprint density at radius 2 is 1.74 bits per heavy atom. The van der Waals surface area contributed by atoms with Gasteiger partial charge in [0.1, 0.15) is 0 Å². The first kappa shape index (κ1) is 15.2. The van der Waals surface area contributed by atoms with Crippen molar-refractivity contribution in [2.24, 2.45) is 0 Å². The highest BCUT2D eigenvalue weighted by molar-refractivity contribution is 7.86. The smallest absolute Gasteiger partial charge is 0.282 e. The van der Waals surface area contributed by atoms with Crippen molar-refractivity contribution in [2.75, 3.05) is 52.9 Å². The normalized spacial score (nSPS) is 28.2. The van der Waals surface area contributed by atoms with Crippen molar-refractivity contribution in [3.63, 3.8) is 0 Å². The first-order chi connectivity index (χ1) is 8.84. The molecule has 7 heteroatoms. The summed E-state index contributed by atoms with van der Waals surface area (Å²) in [6.45, 7) is 8.99. The number of nitrogens with one attached hydrogen (secondary N) is 1. The molecule has 0 spiro atoms. The molecule has 0 radical (unpaired) electrons. The Kier molecular flexibility index (Phi) is 4.52. The summed E-state index contributed by atoms with van der Waals surface area (Å²) in [5.41, 5.74) is -0.102. The second kappa shape index (κ2) is 5.65. The summed E-state index contributed by atoms with van der Waals surface area (Å²) in [7, 11) is -1.25. The van der Waals surface area contributed by atoms with Crippen molar-refractivity contribution in [3.05, 3.63) is 0 Å². The molecule has 0 aromatic rings. The molecule has 0 aromatic heterocycles. The summed E-state index contributed by atoms with van der Waals surface area (Å²) in [5.74, 6) is 0. The maximum Gasteiger partial charge on any atom is 0.282 e. The number of likely N-dealkylation sites (N-methyl/N-ethyl adjacent to an activating group) is 1. The molecule has 19 heavy (non-hydrogen) atoms. The third kappa shape index (κ3) is 3.28. The molecular formula is C12H26N4O2S. The van der Waals surface area contributed by atoms with Crippen LogP contribution in [-0.4, -0.2) is 80.3 Å². The Labute approximate surface area is 116 Å². The minimum absolute atomic E-state index is 0.102. The molecule has 2 saturated heterocycles. The summed E-state index contributed by atoms with van der Waals surface area (Å²) >= 11 is 0. The average Bonchev–Trinajstić information content (AvgIpc) is 2.61. The Bertz CT molecular complexity index is 402. The maximum absolute atomic E-state index is 12.7. The molecule has 0 atom stereocenters. The fraction of sp³-hybridized carbons (Fsp3) is 1.00. The highest BCUT2D eigenvalue weighted by atomic mass is 32.2. The van der Waals surface area contributed by atoms with Crippen molar-refractivity contribution in [1.29, 1.82) is 0 Å². The Morgan fingerprint density at radius 1 is 1.00 bits per heavy atom. The lowest BCUT2D eigenvalue weighted by Crippen LogP contribution is -2.61. The van der Waals surface area contributed by atoms with E-state index in [9.17, 15) is 8.42 Å². The van der Waals surface area contributed by atoms with Crippen molar-refractivity contribution in [1.82, 2.24) is 18.8 Å². The molecule has 2 aliphatic heterocycles. The maximum atomic E-state index is 12.7. The van der Waals surface area contributed by atoms with Gasteiger partial charge in [-0.05, 0) is 33.9 Å². The number of rotatable bonds is 2. The van der Waals surface area contributed by atoms with E-state index in [0.29, 0.717) is 26.2 Å². The van der Waals surface area contributed by atoms with Crippen LogP contribution in [0.3, 0.4) is 0 Å². The van der Waals surface area contributed by atoms with E-state index < -0.39 is 10.2 Å². The van der Waals surface area contributed by atoms with Crippen molar-refractivity contribution in [2.45, 2.75) is 25.8 Å². The summed E-state index contributed by atoms with van der Waals surface area (Å²) in [6.07, 6.45) is 0.885. The largest absolute Gasteiger partial charge is 0.315 e. The molecule has 0 aliphatic carbocycles. The standard InChI is InChI=1S/C12H26N4O2S/c1-12(2)11-16(10-9-14(12)3)19(17,18)15-7-4-5-13-6-8-15/h13H,4-11H2,1-3H3. The van der Waals surface area contributed by atoms with E-state index in [1.54, 1.807) is 8.61 Å². The van der Waals surface area contributed by atoms with Crippen LogP contribution in [-0.2, 0) is 10.2 Å². The van der Waals surface area contributed by atoms with E-state index in [4.69, 9.17) is 0 Å². The third-order valence-electron chi connectivity index (χ3n) is 4.23. The zero-order chi connectivity index (χ0) is 14.1. The number of hydrogen-bond donors (Lipinski definition) is 1. The lowest BCUT2D eigenvalue weighted by Gasteiger charge is -2.45. The predicted octanol–water partition coefficient (Wildman–Crippen LogP) is -0.447. The molecule has 2 heterocycles.